The van der Waals surface area contributed by atoms with Crippen LogP contribution in [0.5, 0.6) is 5.75 Å². The molecule has 0 atom stereocenters. The summed E-state index contributed by atoms with van der Waals surface area (Å²) >= 11 is 0. The molecule has 1 fully saturated rings. The number of hydrogen-bond donors (Lipinski definition) is 2. The zero-order chi connectivity index (χ0) is 16.7. The number of ether oxygens (including phenoxy) is 2. The normalized spacial score (nSPS) is 16.3. The molecule has 0 aromatic heterocycles. The second kappa shape index (κ2) is 8.10. The van der Waals surface area contributed by atoms with Crippen LogP contribution in [-0.2, 0) is 4.74 Å². The number of halogens is 2. The van der Waals surface area contributed by atoms with E-state index in [0.717, 1.165) is 25.7 Å². The third kappa shape index (κ3) is 5.35. The first kappa shape index (κ1) is 17.5. The summed E-state index contributed by atoms with van der Waals surface area (Å²) < 4.78 is 34.0. The number of nitrogens with one attached hydrogen (secondary N) is 2. The molecule has 23 heavy (non-hydrogen) atoms. The van der Waals surface area contributed by atoms with Crippen molar-refractivity contribution in [1.82, 2.24) is 5.32 Å². The minimum atomic E-state index is -2.89. The predicted octanol–water partition coefficient (Wildman–Crippen LogP) is 3.62. The lowest BCUT2D eigenvalue weighted by Gasteiger charge is -2.28. The number of urea groups is 1. The highest BCUT2D eigenvalue weighted by atomic mass is 19.3. The third-order valence-electron chi connectivity index (χ3n) is 4.06. The van der Waals surface area contributed by atoms with E-state index in [2.05, 4.69) is 15.4 Å². The van der Waals surface area contributed by atoms with Crippen LogP contribution in [0, 0.1) is 5.41 Å². The molecule has 1 aliphatic rings. The highest BCUT2D eigenvalue weighted by Gasteiger charge is 2.34. The fraction of sp³-hybridized carbons (Fsp3) is 0.562. The molecule has 0 unspecified atom stereocenters. The lowest BCUT2D eigenvalue weighted by molar-refractivity contribution is -0.0497. The highest BCUT2D eigenvalue weighted by Crippen LogP contribution is 2.37. The molecule has 0 radical (unpaired) electrons. The van der Waals surface area contributed by atoms with Crippen LogP contribution in [0.15, 0.2) is 24.3 Å². The number of alkyl halides is 2. The number of methoxy groups -OCH3 is 1. The predicted molar refractivity (Wildman–Crippen MR) is 82.9 cm³/mol. The largest absolute Gasteiger partial charge is 0.435 e. The molecule has 0 aliphatic heterocycles. The Morgan fingerprint density at radius 3 is 2.74 bits per heavy atom. The molecular weight excluding hydrogens is 306 g/mol. The van der Waals surface area contributed by atoms with Gasteiger partial charge in [0.25, 0.3) is 0 Å². The van der Waals surface area contributed by atoms with Crippen molar-refractivity contribution in [3.63, 3.8) is 0 Å². The molecule has 0 saturated heterocycles. The summed E-state index contributed by atoms with van der Waals surface area (Å²) in [5, 5.41) is 5.46. The van der Waals surface area contributed by atoms with Crippen molar-refractivity contribution in [3.8, 4) is 5.75 Å². The molecule has 128 valence electrons. The van der Waals surface area contributed by atoms with Crippen LogP contribution in [0.1, 0.15) is 25.7 Å². The van der Waals surface area contributed by atoms with Crippen LogP contribution in [0.3, 0.4) is 0 Å². The van der Waals surface area contributed by atoms with Crippen LogP contribution >= 0.6 is 0 Å². The van der Waals surface area contributed by atoms with Gasteiger partial charge < -0.3 is 20.1 Å². The number of anilines is 1. The summed E-state index contributed by atoms with van der Waals surface area (Å²) in [6, 6.07) is 5.53. The summed E-state index contributed by atoms with van der Waals surface area (Å²) in [6.07, 6.45) is 4.33. The SMILES string of the molecule is COCC1(CNC(=O)Nc2cccc(OC(F)F)c2)CCCC1. The van der Waals surface area contributed by atoms with Gasteiger partial charge in [-0.2, -0.15) is 8.78 Å². The van der Waals surface area contributed by atoms with Crippen molar-refractivity contribution in [2.45, 2.75) is 32.3 Å². The second-order valence-corrected chi connectivity index (χ2v) is 5.85. The molecule has 0 bridgehead atoms. The van der Waals surface area contributed by atoms with Crippen LogP contribution < -0.4 is 15.4 Å². The zero-order valence-corrected chi connectivity index (χ0v) is 13.1. The van der Waals surface area contributed by atoms with E-state index in [4.69, 9.17) is 4.74 Å². The molecule has 7 heteroatoms. The summed E-state index contributed by atoms with van der Waals surface area (Å²) in [6.45, 7) is -1.75. The molecule has 1 saturated carbocycles. The average molecular weight is 328 g/mol. The van der Waals surface area contributed by atoms with E-state index >= 15 is 0 Å². The third-order valence-corrected chi connectivity index (χ3v) is 4.06. The lowest BCUT2D eigenvalue weighted by Crippen LogP contribution is -2.40. The van der Waals surface area contributed by atoms with E-state index in [1.54, 1.807) is 13.2 Å². The van der Waals surface area contributed by atoms with Crippen molar-refractivity contribution in [1.29, 1.82) is 0 Å². The van der Waals surface area contributed by atoms with E-state index in [0.29, 0.717) is 18.8 Å². The van der Waals surface area contributed by atoms with E-state index in [9.17, 15) is 13.6 Å². The molecule has 0 spiro atoms. The van der Waals surface area contributed by atoms with Crippen molar-refractivity contribution in [3.05, 3.63) is 24.3 Å². The first-order valence-corrected chi connectivity index (χ1v) is 7.62. The fourth-order valence-corrected chi connectivity index (χ4v) is 3.00. The van der Waals surface area contributed by atoms with Crippen LogP contribution in [0.2, 0.25) is 0 Å². The van der Waals surface area contributed by atoms with Gasteiger partial charge in [0.05, 0.1) is 6.61 Å². The fourth-order valence-electron chi connectivity index (χ4n) is 3.00. The number of rotatable bonds is 7. The Kier molecular flexibility index (Phi) is 6.15. The van der Waals surface area contributed by atoms with Gasteiger partial charge in [-0.1, -0.05) is 18.9 Å². The Hall–Kier alpha value is -1.89. The molecule has 1 aliphatic carbocycles. The number of hydrogen-bond acceptors (Lipinski definition) is 3. The average Bonchev–Trinajstić information content (AvgIpc) is 2.94. The number of carbonyl (C=O) groups is 1. The Morgan fingerprint density at radius 2 is 2.09 bits per heavy atom. The zero-order valence-electron chi connectivity index (χ0n) is 13.1. The van der Waals surface area contributed by atoms with Gasteiger partial charge in [0.1, 0.15) is 5.75 Å². The monoisotopic (exact) mass is 328 g/mol. The van der Waals surface area contributed by atoms with Crippen molar-refractivity contribution in [2.24, 2.45) is 5.41 Å². The lowest BCUT2D eigenvalue weighted by atomic mass is 9.87. The van der Waals surface area contributed by atoms with Crippen LogP contribution in [0.25, 0.3) is 0 Å². The van der Waals surface area contributed by atoms with Gasteiger partial charge >= 0.3 is 12.6 Å². The maximum absolute atomic E-state index is 12.2. The topological polar surface area (TPSA) is 59.6 Å². The molecular formula is C16H22F2N2O3. The van der Waals surface area contributed by atoms with E-state index < -0.39 is 6.61 Å². The molecule has 5 nitrogen and oxygen atoms in total. The van der Waals surface area contributed by atoms with Gasteiger partial charge in [-0.15, -0.1) is 0 Å². The van der Waals surface area contributed by atoms with Gasteiger partial charge in [0.15, 0.2) is 0 Å². The molecule has 1 aromatic rings. The second-order valence-electron chi connectivity index (χ2n) is 5.85. The van der Waals surface area contributed by atoms with Gasteiger partial charge in [-0.25, -0.2) is 4.79 Å². The Morgan fingerprint density at radius 1 is 1.35 bits per heavy atom. The minimum Gasteiger partial charge on any atom is -0.435 e. The van der Waals surface area contributed by atoms with Gasteiger partial charge in [-0.05, 0) is 25.0 Å². The van der Waals surface area contributed by atoms with Crippen molar-refractivity contribution < 1.29 is 23.0 Å². The van der Waals surface area contributed by atoms with E-state index in [1.165, 1.54) is 18.2 Å². The maximum Gasteiger partial charge on any atom is 0.387 e. The first-order valence-electron chi connectivity index (χ1n) is 7.62. The van der Waals surface area contributed by atoms with Gasteiger partial charge in [0, 0.05) is 30.8 Å². The quantitative estimate of drug-likeness (QED) is 0.804. The number of carbonyl (C=O) groups excluding carboxylic acids is 1. The standard InChI is InChI=1S/C16H22F2N2O3/c1-22-11-16(7-2-3-8-16)10-19-15(21)20-12-5-4-6-13(9-12)23-14(17)18/h4-6,9,14H,2-3,7-8,10-11H2,1H3,(H2,19,20,21). The first-order chi connectivity index (χ1) is 11.0. The van der Waals surface area contributed by atoms with Crippen LogP contribution in [-0.4, -0.2) is 32.9 Å². The highest BCUT2D eigenvalue weighted by molar-refractivity contribution is 5.89. The number of benzene rings is 1. The minimum absolute atomic E-state index is 0.00412. The molecule has 2 N–H and O–H groups in total. The Bertz CT molecular complexity index is 520. The van der Waals surface area contributed by atoms with Crippen molar-refractivity contribution in [2.75, 3.05) is 25.6 Å². The summed E-state index contributed by atoms with van der Waals surface area (Å²) in [5.74, 6) is 0.00412. The summed E-state index contributed by atoms with van der Waals surface area (Å²) in [5.41, 5.74) is 0.389. The molecule has 1 aromatic carbocycles. The van der Waals surface area contributed by atoms with Gasteiger partial charge in [-0.3, -0.25) is 0 Å². The molecule has 2 amide bonds. The number of amides is 2. The van der Waals surface area contributed by atoms with Gasteiger partial charge in [0.2, 0.25) is 0 Å². The Balaban J connectivity index is 1.87. The smallest absolute Gasteiger partial charge is 0.387 e. The summed E-state index contributed by atoms with van der Waals surface area (Å²) in [4.78, 5) is 12.0. The summed E-state index contributed by atoms with van der Waals surface area (Å²) in [7, 11) is 1.66. The van der Waals surface area contributed by atoms with E-state index in [1.807, 2.05) is 0 Å². The van der Waals surface area contributed by atoms with Crippen LogP contribution in [0.4, 0.5) is 19.3 Å². The Labute approximate surface area is 134 Å². The molecule has 0 heterocycles. The molecule has 2 rings (SSSR count). The maximum atomic E-state index is 12.2. The van der Waals surface area contributed by atoms with E-state index in [-0.39, 0.29) is 17.2 Å². The van der Waals surface area contributed by atoms with Crippen molar-refractivity contribution >= 4 is 11.7 Å².